The fourth-order valence-electron chi connectivity index (χ4n) is 9.42. The lowest BCUT2D eigenvalue weighted by atomic mass is 10.0. The first-order chi connectivity index (χ1) is 31.5. The highest BCUT2D eigenvalue weighted by Gasteiger charge is 2.40. The van der Waals surface area contributed by atoms with Crippen molar-refractivity contribution in [3.63, 3.8) is 0 Å². The Labute approximate surface area is 369 Å². The molecule has 6 aromatic rings. The lowest BCUT2D eigenvalue weighted by Crippen LogP contribution is -2.50. The number of H-pyrrole nitrogens is 2. The summed E-state index contributed by atoms with van der Waals surface area (Å²) in [6, 6.07) is 24.1. The zero-order valence-electron chi connectivity index (χ0n) is 35.2. The average molecular weight is 867 g/mol. The fraction of sp³-hybridized carbons (Fsp3) is 0.391. The number of anilines is 2. The maximum absolute atomic E-state index is 14.1. The van der Waals surface area contributed by atoms with Crippen LogP contribution in [-0.4, -0.2) is 117 Å². The molecule has 0 saturated carbocycles. The van der Waals surface area contributed by atoms with Gasteiger partial charge in [0, 0.05) is 62.9 Å². The van der Waals surface area contributed by atoms with Crippen molar-refractivity contribution in [2.75, 3.05) is 62.7 Å². The number of piperazine rings is 1. The number of nitrogens with one attached hydrogen (secondary N) is 4. The van der Waals surface area contributed by atoms with Crippen LogP contribution in [0.4, 0.5) is 11.6 Å². The Balaban J connectivity index is 0.718. The second kappa shape index (κ2) is 17.7. The molecular formula is C46H50N12O6. The third kappa shape index (κ3) is 8.08. The van der Waals surface area contributed by atoms with Crippen molar-refractivity contribution in [1.29, 1.82) is 0 Å². The summed E-state index contributed by atoms with van der Waals surface area (Å²) in [4.78, 5) is 62.9. The first-order valence-electron chi connectivity index (χ1n) is 22.1. The van der Waals surface area contributed by atoms with E-state index in [0.717, 1.165) is 103 Å². The number of hydrogen-bond donors (Lipinski definition) is 4. The van der Waals surface area contributed by atoms with Gasteiger partial charge in [-0.05, 0) is 55.0 Å². The lowest BCUT2D eigenvalue weighted by Gasteiger charge is -2.36. The standard InChI is InChI=1S/C46H50N12O6/c59-42(38(53-45-61-27-62-45)29-9-3-1-4-10-29)57-17-7-13-36(57)40-47-26-35(52-40)31-24-48-44(49-25-31)56-21-19-55(20-22-56)32-15-16-33-34(23-32)51-41(50-33)37-14-8-18-58(37)43(60)39(54-46-63-28-64-46)30-11-5-2-6-12-30/h1-6,9-12,15-16,23-26,36-39,45-46,53-54H,7-8,13-14,17-22,27-28H2,(H,47,52)(H,50,51)/t36-,37-,38+,39+/m0/s1. The van der Waals surface area contributed by atoms with Crippen LogP contribution in [0, 0.1) is 0 Å². The van der Waals surface area contributed by atoms with E-state index in [0.29, 0.717) is 19.0 Å². The number of benzene rings is 3. The second-order valence-electron chi connectivity index (χ2n) is 16.7. The molecule has 18 nitrogen and oxygen atoms in total. The molecule has 3 aromatic heterocycles. The molecule has 5 fully saturated rings. The third-order valence-electron chi connectivity index (χ3n) is 12.9. The summed E-state index contributed by atoms with van der Waals surface area (Å²) in [5.74, 6) is 2.13. The number of carbonyl (C=O) groups excluding carboxylic acids is 2. The number of hydrogen-bond acceptors (Lipinski definition) is 14. The van der Waals surface area contributed by atoms with Crippen molar-refractivity contribution in [2.24, 2.45) is 0 Å². The van der Waals surface area contributed by atoms with E-state index < -0.39 is 24.9 Å². The van der Waals surface area contributed by atoms with E-state index in [1.165, 1.54) is 0 Å². The predicted octanol–water partition coefficient (Wildman–Crippen LogP) is 4.63. The molecule has 64 heavy (non-hydrogen) atoms. The number of carbonyl (C=O) groups is 2. The Morgan fingerprint density at radius 3 is 1.75 bits per heavy atom. The Morgan fingerprint density at radius 1 is 0.625 bits per heavy atom. The van der Waals surface area contributed by atoms with E-state index in [1.54, 1.807) is 6.20 Å². The van der Waals surface area contributed by atoms with Gasteiger partial charge in [-0.25, -0.2) is 19.9 Å². The molecular weight excluding hydrogens is 817 g/mol. The molecule has 0 bridgehead atoms. The maximum atomic E-state index is 14.1. The van der Waals surface area contributed by atoms with E-state index in [1.807, 2.05) is 82.9 Å². The molecule has 11 rings (SSSR count). The number of fused-ring (bicyclic) bond motifs is 1. The normalized spacial score (nSPS) is 21.6. The molecule has 5 saturated heterocycles. The smallest absolute Gasteiger partial charge is 0.245 e. The first-order valence-corrected chi connectivity index (χ1v) is 22.1. The van der Waals surface area contributed by atoms with Crippen LogP contribution in [0.1, 0.15) is 72.6 Å². The van der Waals surface area contributed by atoms with Gasteiger partial charge in [0.1, 0.15) is 23.7 Å². The molecule has 0 radical (unpaired) electrons. The summed E-state index contributed by atoms with van der Waals surface area (Å²) in [7, 11) is 0. The molecule has 330 valence electrons. The average Bonchev–Trinajstić information content (AvgIpc) is 4.15. The quantitative estimate of drug-likeness (QED) is 0.126. The van der Waals surface area contributed by atoms with Crippen LogP contribution >= 0.6 is 0 Å². The number of likely N-dealkylation sites (tertiary alicyclic amines) is 2. The number of nitrogens with zero attached hydrogens (tertiary/aromatic N) is 8. The Hall–Kier alpha value is -6.28. The molecule has 0 spiro atoms. The minimum atomic E-state index is -0.619. The minimum absolute atomic E-state index is 0.0283. The van der Waals surface area contributed by atoms with Crippen LogP contribution in [0.2, 0.25) is 0 Å². The molecule has 4 N–H and O–H groups in total. The zero-order chi connectivity index (χ0) is 43.0. The van der Waals surface area contributed by atoms with Crippen LogP contribution in [-0.2, 0) is 28.5 Å². The van der Waals surface area contributed by atoms with Gasteiger partial charge in [-0.3, -0.25) is 20.2 Å². The number of imidazole rings is 2. The van der Waals surface area contributed by atoms with E-state index in [-0.39, 0.29) is 37.5 Å². The molecule has 5 aliphatic rings. The van der Waals surface area contributed by atoms with E-state index in [2.05, 4.69) is 48.6 Å². The highest BCUT2D eigenvalue weighted by atomic mass is 16.9. The molecule has 0 aliphatic carbocycles. The summed E-state index contributed by atoms with van der Waals surface area (Å²) in [6.45, 7) is 4.80. The van der Waals surface area contributed by atoms with Crippen molar-refractivity contribution in [1.82, 2.24) is 50.3 Å². The third-order valence-corrected chi connectivity index (χ3v) is 12.9. The van der Waals surface area contributed by atoms with Crippen LogP contribution in [0.15, 0.2) is 97.5 Å². The molecule has 3 aromatic carbocycles. The van der Waals surface area contributed by atoms with Gasteiger partial charge < -0.3 is 48.5 Å². The molecule has 0 unspecified atom stereocenters. The van der Waals surface area contributed by atoms with Crippen molar-refractivity contribution < 1.29 is 28.5 Å². The highest BCUT2D eigenvalue weighted by Crippen LogP contribution is 2.37. The van der Waals surface area contributed by atoms with Gasteiger partial charge in [0.15, 0.2) is 13.6 Å². The molecule has 2 amide bonds. The number of rotatable bonds is 13. The van der Waals surface area contributed by atoms with E-state index in [4.69, 9.17) is 38.9 Å². The van der Waals surface area contributed by atoms with E-state index >= 15 is 0 Å². The number of amides is 2. The van der Waals surface area contributed by atoms with Gasteiger partial charge >= 0.3 is 0 Å². The van der Waals surface area contributed by atoms with Crippen molar-refractivity contribution in [3.05, 3.63) is 120 Å². The van der Waals surface area contributed by atoms with Crippen LogP contribution in [0.25, 0.3) is 22.3 Å². The Kier molecular flexibility index (Phi) is 11.2. The minimum Gasteiger partial charge on any atom is -0.368 e. The molecule has 8 heterocycles. The van der Waals surface area contributed by atoms with Gasteiger partial charge in [0.2, 0.25) is 30.6 Å². The Morgan fingerprint density at radius 2 is 1.19 bits per heavy atom. The maximum Gasteiger partial charge on any atom is 0.245 e. The monoisotopic (exact) mass is 866 g/mol. The van der Waals surface area contributed by atoms with Crippen molar-refractivity contribution in [3.8, 4) is 11.3 Å². The lowest BCUT2D eigenvalue weighted by molar-refractivity contribution is -0.335. The summed E-state index contributed by atoms with van der Waals surface area (Å²) in [5.41, 5.74) is 6.24. The van der Waals surface area contributed by atoms with Gasteiger partial charge in [-0.1, -0.05) is 60.7 Å². The zero-order valence-corrected chi connectivity index (χ0v) is 35.2. The number of aromatic nitrogens is 6. The molecule has 18 heteroatoms. The summed E-state index contributed by atoms with van der Waals surface area (Å²) < 4.78 is 21.8. The van der Waals surface area contributed by atoms with Crippen molar-refractivity contribution >= 4 is 34.5 Å². The fourth-order valence-corrected chi connectivity index (χ4v) is 9.42. The summed E-state index contributed by atoms with van der Waals surface area (Å²) >= 11 is 0. The topological polar surface area (TPSA) is 191 Å². The first kappa shape index (κ1) is 40.5. The predicted molar refractivity (Wildman–Crippen MR) is 234 cm³/mol. The highest BCUT2D eigenvalue weighted by molar-refractivity contribution is 5.85. The summed E-state index contributed by atoms with van der Waals surface area (Å²) in [5, 5.41) is 6.45. The molecule has 4 atom stereocenters. The SMILES string of the molecule is O=C([C@H](NC1OCO1)c1ccccc1)N1CCC[C@H]1c1ncc(-c2cnc(N3CCN(c4ccc5[nH]c([C@@H]6CCCN6C(=O)[C@H](NC6OCO6)c6ccccc6)nc5c4)CC3)nc2)[nH]1. The van der Waals surface area contributed by atoms with Gasteiger partial charge in [0.05, 0.1) is 35.0 Å². The molecule has 5 aliphatic heterocycles. The largest absolute Gasteiger partial charge is 0.368 e. The van der Waals surface area contributed by atoms with Crippen LogP contribution in [0.3, 0.4) is 0 Å². The van der Waals surface area contributed by atoms with Gasteiger partial charge in [-0.2, -0.15) is 0 Å². The van der Waals surface area contributed by atoms with Crippen molar-refractivity contribution in [2.45, 2.75) is 62.7 Å². The second-order valence-corrected chi connectivity index (χ2v) is 16.7. The van der Waals surface area contributed by atoms with Crippen LogP contribution in [0.5, 0.6) is 0 Å². The number of aromatic amines is 2. The Bertz CT molecular complexity index is 2560. The van der Waals surface area contributed by atoms with Gasteiger partial charge in [-0.15, -0.1) is 0 Å². The van der Waals surface area contributed by atoms with Gasteiger partial charge in [0.25, 0.3) is 0 Å². The van der Waals surface area contributed by atoms with E-state index in [9.17, 15) is 9.59 Å². The van der Waals surface area contributed by atoms with Crippen LogP contribution < -0.4 is 20.4 Å². The number of ether oxygens (including phenoxy) is 4. The summed E-state index contributed by atoms with van der Waals surface area (Å²) in [6.07, 6.45) is 7.61.